The Morgan fingerprint density at radius 3 is 2.67 bits per heavy atom. The summed E-state index contributed by atoms with van der Waals surface area (Å²) in [6.07, 6.45) is 4.79. The molecule has 0 aromatic carbocycles. The third-order valence-corrected chi connectivity index (χ3v) is 4.75. The standard InChI is InChI=1S/C21H19BrN6O2/c1-12(2)26-21-25-11-16(20(29)28(21)3)17-5-4-13-8-15(10-24-19(13)27-17)30-14-6-7-23-18(22)9-14/h4-12H,1-3H3,(H,25,26). The second-order valence-electron chi connectivity index (χ2n) is 6.99. The summed E-state index contributed by atoms with van der Waals surface area (Å²) in [6, 6.07) is 9.19. The van der Waals surface area contributed by atoms with Crippen molar-refractivity contribution >= 4 is 32.9 Å². The topological polar surface area (TPSA) is 94.8 Å². The van der Waals surface area contributed by atoms with Crippen molar-refractivity contribution in [3.05, 3.63) is 63.9 Å². The summed E-state index contributed by atoms with van der Waals surface area (Å²) in [4.78, 5) is 30.2. The molecule has 0 aliphatic heterocycles. The van der Waals surface area contributed by atoms with Crippen molar-refractivity contribution in [3.8, 4) is 22.8 Å². The third-order valence-electron chi connectivity index (χ3n) is 4.31. The van der Waals surface area contributed by atoms with Crippen LogP contribution in [0, 0.1) is 0 Å². The Hall–Kier alpha value is -3.33. The van der Waals surface area contributed by atoms with Gasteiger partial charge in [0, 0.05) is 36.9 Å². The van der Waals surface area contributed by atoms with Gasteiger partial charge in [-0.25, -0.2) is 19.9 Å². The van der Waals surface area contributed by atoms with Gasteiger partial charge in [-0.1, -0.05) is 0 Å². The molecule has 152 valence electrons. The van der Waals surface area contributed by atoms with Crippen LogP contribution < -0.4 is 15.6 Å². The SMILES string of the molecule is CC(C)Nc1ncc(-c2ccc3cc(Oc4ccnc(Br)c4)cnc3n2)c(=O)n1C. The van der Waals surface area contributed by atoms with Crippen LogP contribution in [0.3, 0.4) is 0 Å². The van der Waals surface area contributed by atoms with Crippen LogP contribution in [-0.2, 0) is 7.05 Å². The number of halogens is 1. The first-order valence-corrected chi connectivity index (χ1v) is 10.1. The lowest BCUT2D eigenvalue weighted by Gasteiger charge is -2.13. The van der Waals surface area contributed by atoms with Crippen LogP contribution in [0.2, 0.25) is 0 Å². The monoisotopic (exact) mass is 466 g/mol. The normalized spacial score (nSPS) is 11.1. The molecule has 9 heteroatoms. The number of aromatic nitrogens is 5. The minimum atomic E-state index is -0.178. The van der Waals surface area contributed by atoms with Crippen molar-refractivity contribution in [3.63, 3.8) is 0 Å². The van der Waals surface area contributed by atoms with Gasteiger partial charge in [0.1, 0.15) is 16.1 Å². The molecular weight excluding hydrogens is 448 g/mol. The van der Waals surface area contributed by atoms with Gasteiger partial charge in [-0.3, -0.25) is 9.36 Å². The molecule has 30 heavy (non-hydrogen) atoms. The predicted molar refractivity (Wildman–Crippen MR) is 119 cm³/mol. The Kier molecular flexibility index (Phi) is 5.45. The number of hydrogen-bond donors (Lipinski definition) is 1. The van der Waals surface area contributed by atoms with E-state index in [2.05, 4.69) is 41.2 Å². The average molecular weight is 467 g/mol. The fourth-order valence-corrected chi connectivity index (χ4v) is 3.24. The zero-order valence-corrected chi connectivity index (χ0v) is 18.2. The van der Waals surface area contributed by atoms with Gasteiger partial charge in [0.05, 0.1) is 17.5 Å². The lowest BCUT2D eigenvalue weighted by Crippen LogP contribution is -2.25. The van der Waals surface area contributed by atoms with Crippen molar-refractivity contribution in [2.24, 2.45) is 7.05 Å². The van der Waals surface area contributed by atoms with Crippen LogP contribution >= 0.6 is 15.9 Å². The van der Waals surface area contributed by atoms with Crippen LogP contribution in [-0.4, -0.2) is 30.5 Å². The molecule has 0 spiro atoms. The van der Waals surface area contributed by atoms with Gasteiger partial charge in [0.15, 0.2) is 5.65 Å². The second-order valence-corrected chi connectivity index (χ2v) is 7.80. The Bertz CT molecular complexity index is 1290. The maximum Gasteiger partial charge on any atom is 0.264 e. The Morgan fingerprint density at radius 1 is 1.07 bits per heavy atom. The molecule has 4 rings (SSSR count). The summed E-state index contributed by atoms with van der Waals surface area (Å²) in [6.45, 7) is 3.98. The van der Waals surface area contributed by atoms with Gasteiger partial charge in [0.2, 0.25) is 5.95 Å². The number of nitrogens with zero attached hydrogens (tertiary/aromatic N) is 5. The smallest absolute Gasteiger partial charge is 0.264 e. The van der Waals surface area contributed by atoms with Crippen LogP contribution in [0.4, 0.5) is 5.95 Å². The number of hydrogen-bond acceptors (Lipinski definition) is 7. The Labute approximate surface area is 181 Å². The molecular formula is C21H19BrN6O2. The zero-order chi connectivity index (χ0) is 21.3. The number of nitrogens with one attached hydrogen (secondary N) is 1. The first kappa shape index (κ1) is 20.0. The van der Waals surface area contributed by atoms with Crippen molar-refractivity contribution in [2.75, 3.05) is 5.32 Å². The van der Waals surface area contributed by atoms with Gasteiger partial charge in [0.25, 0.3) is 5.56 Å². The van der Waals surface area contributed by atoms with Crippen LogP contribution in [0.1, 0.15) is 13.8 Å². The summed E-state index contributed by atoms with van der Waals surface area (Å²) in [5.41, 5.74) is 1.27. The lowest BCUT2D eigenvalue weighted by atomic mass is 10.2. The van der Waals surface area contributed by atoms with E-state index in [1.54, 1.807) is 43.8 Å². The number of rotatable bonds is 5. The summed E-state index contributed by atoms with van der Waals surface area (Å²) >= 11 is 3.32. The molecule has 1 N–H and O–H groups in total. The van der Waals surface area contributed by atoms with E-state index in [4.69, 9.17) is 4.74 Å². The van der Waals surface area contributed by atoms with Gasteiger partial charge in [-0.15, -0.1) is 0 Å². The number of ether oxygens (including phenoxy) is 1. The lowest BCUT2D eigenvalue weighted by molar-refractivity contribution is 0.480. The molecule has 0 saturated carbocycles. The Morgan fingerprint density at radius 2 is 1.90 bits per heavy atom. The largest absolute Gasteiger partial charge is 0.456 e. The summed E-state index contributed by atoms with van der Waals surface area (Å²) in [7, 11) is 1.68. The van der Waals surface area contributed by atoms with Crippen LogP contribution in [0.5, 0.6) is 11.5 Å². The molecule has 4 aromatic heterocycles. The van der Waals surface area contributed by atoms with Crippen LogP contribution in [0.15, 0.2) is 58.3 Å². The third kappa shape index (κ3) is 4.16. The van der Waals surface area contributed by atoms with E-state index in [0.29, 0.717) is 39.0 Å². The molecule has 0 saturated heterocycles. The van der Waals surface area contributed by atoms with Gasteiger partial charge in [-0.2, -0.15) is 0 Å². The molecule has 0 aliphatic carbocycles. The highest BCUT2D eigenvalue weighted by Crippen LogP contribution is 2.26. The summed E-state index contributed by atoms with van der Waals surface area (Å²) in [5.74, 6) is 1.74. The summed E-state index contributed by atoms with van der Waals surface area (Å²) in [5, 5.41) is 3.95. The molecule has 0 bridgehead atoms. The van der Waals surface area contributed by atoms with Crippen molar-refractivity contribution in [1.82, 2.24) is 24.5 Å². The van der Waals surface area contributed by atoms with E-state index in [0.717, 1.165) is 5.39 Å². The van der Waals surface area contributed by atoms with E-state index in [1.807, 2.05) is 26.0 Å². The van der Waals surface area contributed by atoms with Crippen molar-refractivity contribution in [2.45, 2.75) is 19.9 Å². The fourth-order valence-electron chi connectivity index (χ4n) is 2.89. The van der Waals surface area contributed by atoms with E-state index < -0.39 is 0 Å². The minimum absolute atomic E-state index is 0.168. The van der Waals surface area contributed by atoms with E-state index in [9.17, 15) is 4.79 Å². The predicted octanol–water partition coefficient (Wildman–Crippen LogP) is 4.16. The number of fused-ring (bicyclic) bond motifs is 1. The first-order chi connectivity index (χ1) is 14.4. The highest BCUT2D eigenvalue weighted by molar-refractivity contribution is 9.10. The molecule has 4 aromatic rings. The van der Waals surface area contributed by atoms with Crippen molar-refractivity contribution in [1.29, 1.82) is 0 Å². The molecule has 0 unspecified atom stereocenters. The molecule has 0 amide bonds. The van der Waals surface area contributed by atoms with E-state index in [-0.39, 0.29) is 11.6 Å². The molecule has 0 aliphatic rings. The maximum atomic E-state index is 12.8. The zero-order valence-electron chi connectivity index (χ0n) is 16.6. The highest BCUT2D eigenvalue weighted by atomic mass is 79.9. The molecule has 8 nitrogen and oxygen atoms in total. The van der Waals surface area contributed by atoms with Gasteiger partial charge >= 0.3 is 0 Å². The molecule has 0 atom stereocenters. The maximum absolute atomic E-state index is 12.8. The number of anilines is 1. The van der Waals surface area contributed by atoms with Gasteiger partial charge < -0.3 is 10.1 Å². The second kappa shape index (κ2) is 8.19. The van der Waals surface area contributed by atoms with E-state index in [1.165, 1.54) is 4.57 Å². The molecule has 0 fully saturated rings. The average Bonchev–Trinajstić information content (AvgIpc) is 2.71. The fraction of sp³-hybridized carbons (Fsp3) is 0.190. The minimum Gasteiger partial charge on any atom is -0.456 e. The highest BCUT2D eigenvalue weighted by Gasteiger charge is 2.12. The summed E-state index contributed by atoms with van der Waals surface area (Å²) < 4.78 is 8.00. The van der Waals surface area contributed by atoms with Gasteiger partial charge in [-0.05, 0) is 54.0 Å². The quantitative estimate of drug-likeness (QED) is 0.441. The molecule has 4 heterocycles. The van der Waals surface area contributed by atoms with Crippen molar-refractivity contribution < 1.29 is 4.74 Å². The van der Waals surface area contributed by atoms with E-state index >= 15 is 0 Å². The van der Waals surface area contributed by atoms with Crippen LogP contribution in [0.25, 0.3) is 22.3 Å². The first-order valence-electron chi connectivity index (χ1n) is 9.30. The number of pyridine rings is 3. The molecule has 0 radical (unpaired) electrons. The Balaban J connectivity index is 1.66.